The van der Waals surface area contributed by atoms with E-state index in [1.807, 2.05) is 25.1 Å². The maximum absolute atomic E-state index is 14.5. The number of amides is 3. The number of nitrogens with one attached hydrogen (secondary N) is 2. The lowest BCUT2D eigenvalue weighted by molar-refractivity contribution is -0.145. The predicted molar refractivity (Wildman–Crippen MR) is 182 cm³/mol. The van der Waals surface area contributed by atoms with Gasteiger partial charge < -0.3 is 31.1 Å². The number of nitrogens with two attached hydrogens (primary N) is 1. The number of hydrogen-bond acceptors (Lipinski definition) is 8. The van der Waals surface area contributed by atoms with Gasteiger partial charge in [-0.05, 0) is 56.2 Å². The van der Waals surface area contributed by atoms with Gasteiger partial charge in [-0.15, -0.1) is 36.2 Å². The van der Waals surface area contributed by atoms with Crippen LogP contribution in [0, 0.1) is 12.3 Å². The summed E-state index contributed by atoms with van der Waals surface area (Å²) in [5.74, 6) is -1.09. The van der Waals surface area contributed by atoms with Crippen LogP contribution in [0.2, 0.25) is 0 Å². The van der Waals surface area contributed by atoms with Crippen LogP contribution in [0.5, 0.6) is 5.75 Å². The lowest BCUT2D eigenvalue weighted by atomic mass is 9.85. The number of hydrogen-bond donors (Lipinski definition) is 4. The number of benzene rings is 1. The molecule has 10 nitrogen and oxygen atoms in total. The SMILES string of the molecule is Cc1ncsc1-c1ccc(CNC(=O)[C@@H]2C[C@@H](O)CN2C(=O)[C@@H](NC(=O)C2(F)CC2)C(C)(C)C)c(OCCCCCCN)c1.Cl.Cl. The van der Waals surface area contributed by atoms with Gasteiger partial charge in [0, 0.05) is 25.1 Å². The normalized spacial score (nSPS) is 19.0. The Morgan fingerprint density at radius 1 is 1.20 bits per heavy atom. The van der Waals surface area contributed by atoms with Crippen molar-refractivity contribution in [1.82, 2.24) is 20.5 Å². The number of rotatable bonds is 14. The van der Waals surface area contributed by atoms with Crippen molar-refractivity contribution in [3.05, 3.63) is 35.0 Å². The van der Waals surface area contributed by atoms with Crippen LogP contribution in [0.4, 0.5) is 4.39 Å². The molecule has 2 heterocycles. The number of likely N-dealkylation sites (tertiary alicyclic amines) is 1. The number of aliphatic hydroxyl groups is 1. The zero-order valence-corrected chi connectivity index (χ0v) is 29.4. The summed E-state index contributed by atoms with van der Waals surface area (Å²) in [4.78, 5) is 46.4. The van der Waals surface area contributed by atoms with Gasteiger partial charge in [0.1, 0.15) is 17.8 Å². The number of halogens is 3. The van der Waals surface area contributed by atoms with E-state index in [-0.39, 0.29) is 57.2 Å². The van der Waals surface area contributed by atoms with E-state index in [2.05, 4.69) is 15.6 Å². The second-order valence-electron chi connectivity index (χ2n) is 13.0. The molecule has 4 rings (SSSR count). The third kappa shape index (κ3) is 10.00. The Kier molecular flexibility index (Phi) is 14.7. The van der Waals surface area contributed by atoms with Crippen LogP contribution in [-0.2, 0) is 20.9 Å². The highest BCUT2D eigenvalue weighted by Gasteiger charge is 2.53. The first-order chi connectivity index (χ1) is 20.8. The quantitative estimate of drug-likeness (QED) is 0.212. The first-order valence-electron chi connectivity index (χ1n) is 15.5. The fourth-order valence-corrected chi connectivity index (χ4v) is 6.16. The molecular weight excluding hydrogens is 656 g/mol. The van der Waals surface area contributed by atoms with Crippen LogP contribution < -0.4 is 21.1 Å². The molecule has 1 aromatic heterocycles. The van der Waals surface area contributed by atoms with Crippen LogP contribution in [-0.4, -0.2) is 76.3 Å². The molecule has 0 bridgehead atoms. The van der Waals surface area contributed by atoms with Gasteiger partial charge in [-0.25, -0.2) is 9.37 Å². The van der Waals surface area contributed by atoms with E-state index >= 15 is 0 Å². The average Bonchev–Trinajstić information content (AvgIpc) is 3.38. The Balaban J connectivity index is 0.00000368. The summed E-state index contributed by atoms with van der Waals surface area (Å²) >= 11 is 1.55. The number of thiazole rings is 1. The number of β-amino-alcohol motifs (C(OH)–C–C–N with tert-alkyl or cyclic N) is 1. The van der Waals surface area contributed by atoms with Crippen LogP contribution in [0.25, 0.3) is 10.4 Å². The van der Waals surface area contributed by atoms with Crippen molar-refractivity contribution in [3.8, 4) is 16.2 Å². The minimum Gasteiger partial charge on any atom is -0.493 e. The van der Waals surface area contributed by atoms with Crippen molar-refractivity contribution in [3.63, 3.8) is 0 Å². The van der Waals surface area contributed by atoms with Gasteiger partial charge in [0.2, 0.25) is 11.8 Å². The third-order valence-corrected chi connectivity index (χ3v) is 9.21. The molecule has 3 amide bonds. The summed E-state index contributed by atoms with van der Waals surface area (Å²) in [6.07, 6.45) is 3.32. The van der Waals surface area contributed by atoms with Crippen molar-refractivity contribution in [2.45, 2.75) is 103 Å². The Bertz CT molecular complexity index is 1340. The zero-order chi connectivity index (χ0) is 32.1. The van der Waals surface area contributed by atoms with Gasteiger partial charge in [0.05, 0.1) is 28.8 Å². The third-order valence-electron chi connectivity index (χ3n) is 8.23. The van der Waals surface area contributed by atoms with Crippen LogP contribution in [0.15, 0.2) is 23.7 Å². The fraction of sp³-hybridized carbons (Fsp3) is 0.625. The highest BCUT2D eigenvalue weighted by Crippen LogP contribution is 2.40. The molecule has 5 N–H and O–H groups in total. The maximum atomic E-state index is 14.5. The van der Waals surface area contributed by atoms with Crippen LogP contribution >= 0.6 is 36.2 Å². The molecule has 3 atom stereocenters. The summed E-state index contributed by atoms with van der Waals surface area (Å²) in [5.41, 5.74) is 7.40. The van der Waals surface area contributed by atoms with Crippen molar-refractivity contribution in [2.24, 2.45) is 11.1 Å². The molecule has 1 aliphatic carbocycles. The first-order valence-corrected chi connectivity index (χ1v) is 16.3. The van der Waals surface area contributed by atoms with E-state index < -0.39 is 47.0 Å². The number of alkyl halides is 1. The number of unbranched alkanes of at least 4 members (excludes halogenated alkanes) is 3. The monoisotopic (exact) mass is 703 g/mol. The second-order valence-corrected chi connectivity index (χ2v) is 13.8. The minimum absolute atomic E-state index is 0. The molecule has 1 aromatic carbocycles. The van der Waals surface area contributed by atoms with Gasteiger partial charge in [0.25, 0.3) is 5.91 Å². The van der Waals surface area contributed by atoms with Crippen LogP contribution in [0.3, 0.4) is 0 Å². The Hall–Kier alpha value is -2.51. The largest absolute Gasteiger partial charge is 0.493 e. The van der Waals surface area contributed by atoms with Crippen molar-refractivity contribution < 1.29 is 28.6 Å². The number of ether oxygens (including phenoxy) is 1. The van der Waals surface area contributed by atoms with Crippen molar-refractivity contribution in [2.75, 3.05) is 19.7 Å². The standard InChI is InChI=1S/C32H46FN5O5S.2ClH/c1-20-26(44-19-36-20)21-9-10-22(25(15-21)43-14-8-6-5-7-13-34)17-35-28(40)24-16-23(39)18-38(24)29(41)27(31(2,3)4)37-30(42)32(33)11-12-32;;/h9-10,15,19,23-24,27,39H,5-8,11-14,16-18,34H2,1-4H3,(H,35,40)(H,37,42);2*1H/t23-,24+,27-;;/m1../s1. The lowest BCUT2D eigenvalue weighted by Crippen LogP contribution is -2.59. The molecule has 2 aromatic rings. The van der Waals surface area contributed by atoms with E-state index in [0.717, 1.165) is 47.4 Å². The molecule has 14 heteroatoms. The van der Waals surface area contributed by atoms with E-state index in [1.165, 1.54) is 4.90 Å². The van der Waals surface area contributed by atoms with Crippen molar-refractivity contribution >= 4 is 53.9 Å². The summed E-state index contributed by atoms with van der Waals surface area (Å²) in [5, 5.41) is 16.0. The maximum Gasteiger partial charge on any atom is 0.258 e. The van der Waals surface area contributed by atoms with Gasteiger partial charge >= 0.3 is 0 Å². The Labute approximate surface area is 287 Å². The van der Waals surface area contributed by atoms with E-state index in [4.69, 9.17) is 10.5 Å². The summed E-state index contributed by atoms with van der Waals surface area (Å²) in [6.45, 7) is 8.56. The van der Waals surface area contributed by atoms with Crippen LogP contribution in [0.1, 0.15) is 77.0 Å². The molecule has 46 heavy (non-hydrogen) atoms. The van der Waals surface area contributed by atoms with E-state index in [9.17, 15) is 23.9 Å². The average molecular weight is 705 g/mol. The molecule has 0 unspecified atom stereocenters. The number of aliphatic hydroxyl groups excluding tert-OH is 1. The molecular formula is C32H48Cl2FN5O5S. The molecule has 0 spiro atoms. The molecule has 1 saturated heterocycles. The van der Waals surface area contributed by atoms with E-state index in [1.54, 1.807) is 37.6 Å². The number of aromatic nitrogens is 1. The minimum atomic E-state index is -1.94. The highest BCUT2D eigenvalue weighted by atomic mass is 35.5. The topological polar surface area (TPSA) is 147 Å². The first kappa shape index (κ1) is 39.7. The smallest absolute Gasteiger partial charge is 0.258 e. The number of aryl methyl sites for hydroxylation is 1. The van der Waals surface area contributed by atoms with Crippen molar-refractivity contribution in [1.29, 1.82) is 0 Å². The number of nitrogens with zero attached hydrogens (tertiary/aromatic N) is 2. The molecule has 258 valence electrons. The molecule has 1 aliphatic heterocycles. The summed E-state index contributed by atoms with van der Waals surface area (Å²) in [7, 11) is 0. The second kappa shape index (κ2) is 17.1. The lowest BCUT2D eigenvalue weighted by Gasteiger charge is -2.35. The van der Waals surface area contributed by atoms with E-state index in [0.29, 0.717) is 18.9 Å². The van der Waals surface area contributed by atoms with Gasteiger partial charge in [-0.1, -0.05) is 45.7 Å². The summed E-state index contributed by atoms with van der Waals surface area (Å²) < 4.78 is 20.7. The fourth-order valence-electron chi connectivity index (χ4n) is 5.36. The van der Waals surface area contributed by atoms with Gasteiger partial charge in [-0.3, -0.25) is 14.4 Å². The Morgan fingerprint density at radius 3 is 2.50 bits per heavy atom. The molecule has 2 aliphatic rings. The number of carbonyl (C=O) groups excluding carboxylic acids is 3. The predicted octanol–water partition coefficient (Wildman–Crippen LogP) is 4.47. The Morgan fingerprint density at radius 2 is 1.89 bits per heavy atom. The molecule has 1 saturated carbocycles. The molecule has 2 fully saturated rings. The summed E-state index contributed by atoms with van der Waals surface area (Å²) in [6, 6.07) is 3.85. The van der Waals surface area contributed by atoms with Gasteiger partial charge in [0.15, 0.2) is 5.67 Å². The zero-order valence-electron chi connectivity index (χ0n) is 27.0. The van der Waals surface area contributed by atoms with Gasteiger partial charge in [-0.2, -0.15) is 0 Å². The molecule has 0 radical (unpaired) electrons. The highest BCUT2D eigenvalue weighted by molar-refractivity contribution is 7.13. The number of carbonyl (C=O) groups is 3.